The van der Waals surface area contributed by atoms with Crippen molar-refractivity contribution < 1.29 is 19.4 Å². The summed E-state index contributed by atoms with van der Waals surface area (Å²) in [6, 6.07) is -0.966. The van der Waals surface area contributed by atoms with E-state index in [1.54, 1.807) is 6.92 Å². The minimum absolute atomic E-state index is 0.0644. The van der Waals surface area contributed by atoms with Crippen molar-refractivity contribution in [3.8, 4) is 0 Å². The second kappa shape index (κ2) is 6.70. The Bertz CT molecular complexity index is 418. The van der Waals surface area contributed by atoms with Gasteiger partial charge in [0.25, 0.3) is 5.91 Å². The summed E-state index contributed by atoms with van der Waals surface area (Å²) >= 11 is 0. The van der Waals surface area contributed by atoms with E-state index in [1.807, 2.05) is 0 Å². The number of carboxylic acids is 1. The molecular weight excluding hydrogens is 240 g/mol. The van der Waals surface area contributed by atoms with Crippen LogP contribution in [0.25, 0.3) is 0 Å². The average Bonchev–Trinajstić information content (AvgIpc) is 2.74. The first kappa shape index (κ1) is 14.1. The minimum atomic E-state index is -1.09. The highest BCUT2D eigenvalue weighted by molar-refractivity contribution is 5.93. The van der Waals surface area contributed by atoms with Gasteiger partial charge in [0.15, 0.2) is 0 Å². The van der Waals surface area contributed by atoms with E-state index < -0.39 is 17.9 Å². The number of methoxy groups -OCH3 is 1. The van der Waals surface area contributed by atoms with Crippen LogP contribution in [0.4, 0.5) is 0 Å². The lowest BCUT2D eigenvalue weighted by Gasteiger charge is -2.12. The van der Waals surface area contributed by atoms with Crippen LogP contribution in [0.3, 0.4) is 0 Å². The highest BCUT2D eigenvalue weighted by Crippen LogP contribution is 2.00. The predicted molar refractivity (Wildman–Crippen MR) is 61.1 cm³/mol. The van der Waals surface area contributed by atoms with E-state index in [2.05, 4.69) is 20.5 Å². The molecule has 18 heavy (non-hydrogen) atoms. The molecule has 0 aliphatic carbocycles. The van der Waals surface area contributed by atoms with Crippen LogP contribution in [0.2, 0.25) is 0 Å². The summed E-state index contributed by atoms with van der Waals surface area (Å²) in [7, 11) is 1.53. The number of aromatic nitrogens is 3. The zero-order chi connectivity index (χ0) is 13.5. The molecule has 100 valence electrons. The van der Waals surface area contributed by atoms with Gasteiger partial charge in [0.1, 0.15) is 11.9 Å². The molecular formula is C10H16N4O4. The molecule has 0 fully saturated rings. The molecule has 1 amide bonds. The third kappa shape index (κ3) is 4.13. The number of nitrogens with zero attached hydrogens (tertiary/aromatic N) is 2. The van der Waals surface area contributed by atoms with Crippen molar-refractivity contribution in [1.29, 1.82) is 0 Å². The van der Waals surface area contributed by atoms with Crippen molar-refractivity contribution in [2.24, 2.45) is 0 Å². The van der Waals surface area contributed by atoms with Crippen LogP contribution in [0.1, 0.15) is 29.3 Å². The van der Waals surface area contributed by atoms with Crippen LogP contribution in [-0.2, 0) is 9.53 Å². The van der Waals surface area contributed by atoms with Gasteiger partial charge in [-0.1, -0.05) is 0 Å². The van der Waals surface area contributed by atoms with E-state index in [-0.39, 0.29) is 12.2 Å². The first-order chi connectivity index (χ1) is 8.54. The van der Waals surface area contributed by atoms with Gasteiger partial charge < -0.3 is 15.2 Å². The van der Waals surface area contributed by atoms with Gasteiger partial charge in [0.2, 0.25) is 5.82 Å². The number of carboxylic acid groups (broad SMARTS) is 1. The molecule has 1 unspecified atom stereocenters. The Balaban J connectivity index is 2.55. The monoisotopic (exact) mass is 256 g/mol. The molecule has 3 N–H and O–H groups in total. The van der Waals surface area contributed by atoms with Crippen molar-refractivity contribution in [2.75, 3.05) is 13.7 Å². The summed E-state index contributed by atoms with van der Waals surface area (Å²) in [5, 5.41) is 17.5. The van der Waals surface area contributed by atoms with Gasteiger partial charge in [-0.15, -0.1) is 5.10 Å². The number of carbonyl (C=O) groups excluding carboxylic acids is 1. The highest BCUT2D eigenvalue weighted by atomic mass is 16.5. The lowest BCUT2D eigenvalue weighted by atomic mass is 10.1. The van der Waals surface area contributed by atoms with Crippen molar-refractivity contribution >= 4 is 11.9 Å². The maximum absolute atomic E-state index is 11.7. The predicted octanol–water partition coefficient (Wildman–Crippen LogP) is -0.277. The van der Waals surface area contributed by atoms with E-state index in [1.165, 1.54) is 7.11 Å². The van der Waals surface area contributed by atoms with Crippen LogP contribution in [0.15, 0.2) is 0 Å². The van der Waals surface area contributed by atoms with E-state index in [0.29, 0.717) is 18.9 Å². The van der Waals surface area contributed by atoms with Crippen LogP contribution in [0, 0.1) is 6.92 Å². The first-order valence-corrected chi connectivity index (χ1v) is 5.46. The summed E-state index contributed by atoms with van der Waals surface area (Å²) in [5.74, 6) is -1.27. The molecule has 8 nitrogen and oxygen atoms in total. The molecule has 1 aromatic rings. The molecule has 0 spiro atoms. The van der Waals surface area contributed by atoms with Crippen LogP contribution < -0.4 is 5.32 Å². The van der Waals surface area contributed by atoms with Crippen molar-refractivity contribution in [3.63, 3.8) is 0 Å². The van der Waals surface area contributed by atoms with E-state index in [4.69, 9.17) is 9.84 Å². The molecule has 8 heteroatoms. The highest BCUT2D eigenvalue weighted by Gasteiger charge is 2.22. The lowest BCUT2D eigenvalue weighted by molar-refractivity contribution is -0.139. The molecule has 1 aromatic heterocycles. The first-order valence-electron chi connectivity index (χ1n) is 5.46. The number of aromatic amines is 1. The van der Waals surface area contributed by atoms with E-state index in [9.17, 15) is 9.59 Å². The smallest absolute Gasteiger partial charge is 0.326 e. The number of nitrogens with one attached hydrogen (secondary N) is 2. The molecule has 0 aliphatic heterocycles. The number of hydrogen-bond acceptors (Lipinski definition) is 5. The summed E-state index contributed by atoms with van der Waals surface area (Å²) in [5.41, 5.74) is 0. The third-order valence-corrected chi connectivity index (χ3v) is 2.24. The van der Waals surface area contributed by atoms with Gasteiger partial charge in [0.05, 0.1) is 0 Å². The number of H-pyrrole nitrogens is 1. The van der Waals surface area contributed by atoms with Gasteiger partial charge >= 0.3 is 5.97 Å². The number of rotatable bonds is 7. The number of aryl methyl sites for hydroxylation is 1. The number of carbonyl (C=O) groups is 2. The van der Waals surface area contributed by atoms with Gasteiger partial charge in [-0.25, -0.2) is 9.78 Å². The van der Waals surface area contributed by atoms with E-state index >= 15 is 0 Å². The molecule has 1 heterocycles. The number of hydrogen-bond donors (Lipinski definition) is 3. The lowest BCUT2D eigenvalue weighted by Crippen LogP contribution is -2.41. The Morgan fingerprint density at radius 1 is 1.56 bits per heavy atom. The minimum Gasteiger partial charge on any atom is -0.480 e. The molecule has 1 rings (SSSR count). The fourth-order valence-electron chi connectivity index (χ4n) is 1.36. The number of ether oxygens (including phenoxy) is 1. The molecule has 0 saturated carbocycles. The second-order valence-electron chi connectivity index (χ2n) is 3.74. The Hall–Kier alpha value is -1.96. The largest absolute Gasteiger partial charge is 0.480 e. The molecule has 1 atom stereocenters. The fraction of sp³-hybridized carbons (Fsp3) is 0.600. The Kier molecular flexibility index (Phi) is 5.25. The molecule has 0 bridgehead atoms. The van der Waals surface area contributed by atoms with Crippen LogP contribution in [-0.4, -0.2) is 51.9 Å². The standard InChI is InChI=1S/C10H16N4O4/c1-6-11-8(14-13-6)9(15)12-7(10(16)17)4-3-5-18-2/h7H,3-5H2,1-2H3,(H,12,15)(H,16,17)(H,11,13,14). The fourth-order valence-corrected chi connectivity index (χ4v) is 1.36. The Morgan fingerprint density at radius 2 is 2.28 bits per heavy atom. The summed E-state index contributed by atoms with van der Waals surface area (Å²) in [4.78, 5) is 26.4. The summed E-state index contributed by atoms with van der Waals surface area (Å²) in [6.07, 6.45) is 0.832. The maximum Gasteiger partial charge on any atom is 0.326 e. The average molecular weight is 256 g/mol. The normalized spacial score (nSPS) is 12.1. The molecule has 0 aliphatic rings. The van der Waals surface area contributed by atoms with Gasteiger partial charge in [0, 0.05) is 13.7 Å². The van der Waals surface area contributed by atoms with Gasteiger partial charge in [-0.3, -0.25) is 9.89 Å². The molecule has 0 aromatic carbocycles. The zero-order valence-corrected chi connectivity index (χ0v) is 10.3. The SMILES string of the molecule is COCCCC(NC(=O)c1n[nH]c(C)n1)C(=O)O. The van der Waals surface area contributed by atoms with Crippen LogP contribution in [0.5, 0.6) is 0 Å². The zero-order valence-electron chi connectivity index (χ0n) is 10.3. The number of amides is 1. The Morgan fingerprint density at radius 3 is 2.78 bits per heavy atom. The third-order valence-electron chi connectivity index (χ3n) is 2.24. The Labute approximate surface area is 104 Å². The van der Waals surface area contributed by atoms with Gasteiger partial charge in [-0.2, -0.15) is 0 Å². The second-order valence-corrected chi connectivity index (χ2v) is 3.74. The molecule has 0 radical (unpaired) electrons. The van der Waals surface area contributed by atoms with Crippen molar-refractivity contribution in [2.45, 2.75) is 25.8 Å². The number of aliphatic carboxylic acids is 1. The van der Waals surface area contributed by atoms with Crippen molar-refractivity contribution in [1.82, 2.24) is 20.5 Å². The maximum atomic E-state index is 11.7. The van der Waals surface area contributed by atoms with E-state index in [0.717, 1.165) is 0 Å². The van der Waals surface area contributed by atoms with Gasteiger partial charge in [-0.05, 0) is 19.8 Å². The molecule has 0 saturated heterocycles. The summed E-state index contributed by atoms with van der Waals surface area (Å²) in [6.45, 7) is 2.09. The van der Waals surface area contributed by atoms with Crippen LogP contribution >= 0.6 is 0 Å². The summed E-state index contributed by atoms with van der Waals surface area (Å²) < 4.78 is 4.83. The topological polar surface area (TPSA) is 117 Å². The van der Waals surface area contributed by atoms with Crippen molar-refractivity contribution in [3.05, 3.63) is 11.6 Å². The quantitative estimate of drug-likeness (QED) is 0.578.